The Morgan fingerprint density at radius 1 is 1.32 bits per heavy atom. The lowest BCUT2D eigenvalue weighted by atomic mass is 9.84. The van der Waals surface area contributed by atoms with Crippen LogP contribution in [0, 0.1) is 6.92 Å². The molecule has 1 aromatic rings. The van der Waals surface area contributed by atoms with Crippen LogP contribution < -0.4 is 10.1 Å². The first-order chi connectivity index (χ1) is 9.06. The third kappa shape index (κ3) is 2.90. The van der Waals surface area contributed by atoms with E-state index in [2.05, 4.69) is 32.2 Å². The molecule has 1 fully saturated rings. The van der Waals surface area contributed by atoms with E-state index >= 15 is 0 Å². The predicted octanol–water partition coefficient (Wildman–Crippen LogP) is 4.25. The molecule has 0 radical (unpaired) electrons. The first-order valence-corrected chi connectivity index (χ1v) is 7.51. The molecule has 2 rings (SSSR count). The third-order valence-electron chi connectivity index (χ3n) is 4.12. The summed E-state index contributed by atoms with van der Waals surface area (Å²) in [5, 5.41) is 4.29. The molecule has 106 valence electrons. The number of nitrogens with one attached hydrogen (secondary N) is 1. The van der Waals surface area contributed by atoms with Gasteiger partial charge in [-0.05, 0) is 61.9 Å². The van der Waals surface area contributed by atoms with Gasteiger partial charge in [-0.3, -0.25) is 0 Å². The molecular weight excluding hydrogens is 258 g/mol. The zero-order valence-corrected chi connectivity index (χ0v) is 13.1. The second-order valence-electron chi connectivity index (χ2n) is 5.70. The molecule has 3 heteroatoms. The Balaban J connectivity index is 2.55. The van der Waals surface area contributed by atoms with Gasteiger partial charge in [0.1, 0.15) is 5.75 Å². The second-order valence-corrected chi connectivity index (χ2v) is 6.11. The maximum Gasteiger partial charge on any atom is 0.126 e. The summed E-state index contributed by atoms with van der Waals surface area (Å²) < 4.78 is 5.75. The zero-order chi connectivity index (χ0) is 14.0. The second kappa shape index (κ2) is 6.15. The molecule has 0 amide bonds. The van der Waals surface area contributed by atoms with Gasteiger partial charge in [-0.15, -0.1) is 0 Å². The summed E-state index contributed by atoms with van der Waals surface area (Å²) in [4.78, 5) is 0. The average molecular weight is 282 g/mol. The topological polar surface area (TPSA) is 21.3 Å². The summed E-state index contributed by atoms with van der Waals surface area (Å²) in [5.41, 5.74) is 3.75. The zero-order valence-electron chi connectivity index (χ0n) is 12.3. The maximum atomic E-state index is 6.44. The van der Waals surface area contributed by atoms with E-state index in [1.54, 1.807) is 7.11 Å². The van der Waals surface area contributed by atoms with Crippen LogP contribution in [0.1, 0.15) is 55.2 Å². The highest BCUT2D eigenvalue weighted by Gasteiger charge is 2.25. The molecule has 1 N–H and O–H groups in total. The lowest BCUT2D eigenvalue weighted by Gasteiger charge is -2.28. The molecule has 19 heavy (non-hydrogen) atoms. The number of halogens is 1. The minimum atomic E-state index is 0.425. The first-order valence-electron chi connectivity index (χ1n) is 7.13. The van der Waals surface area contributed by atoms with E-state index in [0.717, 1.165) is 36.7 Å². The highest BCUT2D eigenvalue weighted by molar-refractivity contribution is 6.31. The van der Waals surface area contributed by atoms with Gasteiger partial charge >= 0.3 is 0 Å². The fourth-order valence-corrected chi connectivity index (χ4v) is 3.24. The van der Waals surface area contributed by atoms with Gasteiger partial charge in [0, 0.05) is 10.6 Å². The molecule has 1 aliphatic rings. The van der Waals surface area contributed by atoms with Gasteiger partial charge in [-0.2, -0.15) is 0 Å². The summed E-state index contributed by atoms with van der Waals surface area (Å²) in [7, 11) is 1.78. The van der Waals surface area contributed by atoms with E-state index in [4.69, 9.17) is 16.3 Å². The lowest BCUT2D eigenvalue weighted by molar-refractivity contribution is 0.384. The van der Waals surface area contributed by atoms with Crippen LogP contribution in [0.15, 0.2) is 6.07 Å². The van der Waals surface area contributed by atoms with Gasteiger partial charge < -0.3 is 10.1 Å². The Bertz CT molecular complexity index is 451. The van der Waals surface area contributed by atoms with Crippen molar-refractivity contribution in [2.24, 2.45) is 0 Å². The minimum Gasteiger partial charge on any atom is -0.496 e. The average Bonchev–Trinajstić information content (AvgIpc) is 2.41. The first kappa shape index (κ1) is 14.7. The molecule has 1 aliphatic heterocycles. The van der Waals surface area contributed by atoms with E-state index in [1.165, 1.54) is 16.7 Å². The molecule has 0 aromatic heterocycles. The molecule has 0 atom stereocenters. The Morgan fingerprint density at radius 3 is 2.47 bits per heavy atom. The minimum absolute atomic E-state index is 0.425. The Morgan fingerprint density at radius 2 is 1.95 bits per heavy atom. The molecule has 1 heterocycles. The van der Waals surface area contributed by atoms with Crippen LogP contribution >= 0.6 is 11.6 Å². The van der Waals surface area contributed by atoms with Crippen molar-refractivity contribution in [2.45, 2.75) is 45.4 Å². The predicted molar refractivity (Wildman–Crippen MR) is 81.7 cm³/mol. The van der Waals surface area contributed by atoms with Gasteiger partial charge in [0.15, 0.2) is 0 Å². The molecular formula is C16H24ClNO. The van der Waals surface area contributed by atoms with Crippen LogP contribution in [0.25, 0.3) is 0 Å². The fraction of sp³-hybridized carbons (Fsp3) is 0.625. The quantitative estimate of drug-likeness (QED) is 0.894. The van der Waals surface area contributed by atoms with Gasteiger partial charge in [0.2, 0.25) is 0 Å². The molecule has 0 spiro atoms. The summed E-state index contributed by atoms with van der Waals surface area (Å²) in [5.74, 6) is 2.05. The monoisotopic (exact) mass is 281 g/mol. The van der Waals surface area contributed by atoms with E-state index in [-0.39, 0.29) is 0 Å². The van der Waals surface area contributed by atoms with Crippen LogP contribution in [0.5, 0.6) is 5.75 Å². The fourth-order valence-electron chi connectivity index (χ4n) is 3.02. The molecule has 1 aromatic carbocycles. The van der Waals surface area contributed by atoms with Crippen molar-refractivity contribution in [3.63, 3.8) is 0 Å². The van der Waals surface area contributed by atoms with Gasteiger partial charge in [-0.25, -0.2) is 0 Å². The number of ether oxygens (including phenoxy) is 1. The van der Waals surface area contributed by atoms with Crippen LogP contribution in [-0.2, 0) is 0 Å². The van der Waals surface area contributed by atoms with E-state index in [0.29, 0.717) is 11.8 Å². The SMILES string of the molecule is COc1c(C(C)C)cc(Cl)c(C)c1C1CCNCC1. The van der Waals surface area contributed by atoms with Crippen LogP contribution in [-0.4, -0.2) is 20.2 Å². The Hall–Kier alpha value is -0.730. The van der Waals surface area contributed by atoms with Crippen molar-refractivity contribution < 1.29 is 4.74 Å². The molecule has 0 saturated carbocycles. The molecule has 0 aliphatic carbocycles. The molecule has 0 bridgehead atoms. The third-order valence-corrected chi connectivity index (χ3v) is 4.52. The van der Waals surface area contributed by atoms with Crippen molar-refractivity contribution in [1.29, 1.82) is 0 Å². The van der Waals surface area contributed by atoms with Crippen molar-refractivity contribution in [3.05, 3.63) is 27.8 Å². The van der Waals surface area contributed by atoms with Crippen molar-refractivity contribution in [3.8, 4) is 5.75 Å². The Kier molecular flexibility index (Phi) is 4.75. The van der Waals surface area contributed by atoms with Crippen LogP contribution in [0.3, 0.4) is 0 Å². The smallest absolute Gasteiger partial charge is 0.126 e. The van der Waals surface area contributed by atoms with Gasteiger partial charge in [0.05, 0.1) is 7.11 Å². The number of methoxy groups -OCH3 is 1. The lowest BCUT2D eigenvalue weighted by Crippen LogP contribution is -2.27. The number of hydrogen-bond acceptors (Lipinski definition) is 2. The van der Waals surface area contributed by atoms with Crippen LogP contribution in [0.4, 0.5) is 0 Å². The number of hydrogen-bond donors (Lipinski definition) is 1. The highest BCUT2D eigenvalue weighted by atomic mass is 35.5. The van der Waals surface area contributed by atoms with Crippen molar-refractivity contribution in [2.75, 3.05) is 20.2 Å². The highest BCUT2D eigenvalue weighted by Crippen LogP contribution is 2.42. The van der Waals surface area contributed by atoms with Gasteiger partial charge in [-0.1, -0.05) is 25.4 Å². The van der Waals surface area contributed by atoms with E-state index in [1.807, 2.05) is 0 Å². The molecule has 2 nitrogen and oxygen atoms in total. The standard InChI is InChI=1S/C16H24ClNO/c1-10(2)13-9-14(17)11(3)15(16(13)19-4)12-5-7-18-8-6-12/h9-10,12,18H,5-8H2,1-4H3. The van der Waals surface area contributed by atoms with Crippen molar-refractivity contribution in [1.82, 2.24) is 5.32 Å². The molecule has 0 unspecified atom stereocenters. The number of piperidine rings is 1. The van der Waals surface area contributed by atoms with Gasteiger partial charge in [0.25, 0.3) is 0 Å². The number of benzene rings is 1. The van der Waals surface area contributed by atoms with E-state index in [9.17, 15) is 0 Å². The van der Waals surface area contributed by atoms with Crippen LogP contribution in [0.2, 0.25) is 5.02 Å². The summed E-state index contributed by atoms with van der Waals surface area (Å²) in [6.07, 6.45) is 2.32. The largest absolute Gasteiger partial charge is 0.496 e. The molecule has 1 saturated heterocycles. The summed E-state index contributed by atoms with van der Waals surface area (Å²) >= 11 is 6.44. The maximum absolute atomic E-state index is 6.44. The van der Waals surface area contributed by atoms with Crippen molar-refractivity contribution >= 4 is 11.6 Å². The summed E-state index contributed by atoms with van der Waals surface area (Å²) in [6.45, 7) is 8.66. The number of rotatable bonds is 3. The Labute approximate surface area is 121 Å². The summed E-state index contributed by atoms with van der Waals surface area (Å²) in [6, 6.07) is 2.07. The van der Waals surface area contributed by atoms with E-state index < -0.39 is 0 Å². The normalized spacial score (nSPS) is 16.9.